The first-order valence-corrected chi connectivity index (χ1v) is 8.62. The number of rotatable bonds is 6. The Morgan fingerprint density at radius 3 is 2.46 bits per heavy atom. The molecule has 1 amide bonds. The fraction of sp³-hybridized carbons (Fsp3) is 0.579. The highest BCUT2D eigenvalue weighted by molar-refractivity contribution is 5.83. The summed E-state index contributed by atoms with van der Waals surface area (Å²) in [5, 5.41) is 12.1. The smallest absolute Gasteiger partial charge is 0.306 e. The number of amides is 1. The minimum atomic E-state index is -0.690. The van der Waals surface area contributed by atoms with Gasteiger partial charge >= 0.3 is 5.97 Å². The number of aryl methyl sites for hydroxylation is 1. The first kappa shape index (κ1) is 18.5. The van der Waals surface area contributed by atoms with Crippen LogP contribution in [0.2, 0.25) is 0 Å². The molecular formula is C19H28N2O3. The van der Waals surface area contributed by atoms with Crippen molar-refractivity contribution in [2.24, 2.45) is 11.8 Å². The van der Waals surface area contributed by atoms with E-state index < -0.39 is 5.97 Å². The molecule has 24 heavy (non-hydrogen) atoms. The van der Waals surface area contributed by atoms with Gasteiger partial charge in [0.2, 0.25) is 5.91 Å². The first-order chi connectivity index (χ1) is 11.4. The summed E-state index contributed by atoms with van der Waals surface area (Å²) in [5.41, 5.74) is 2.13. The molecule has 5 heteroatoms. The zero-order valence-electron chi connectivity index (χ0n) is 14.8. The van der Waals surface area contributed by atoms with E-state index in [2.05, 4.69) is 5.32 Å². The van der Waals surface area contributed by atoms with Crippen LogP contribution in [-0.4, -0.2) is 42.5 Å². The van der Waals surface area contributed by atoms with Gasteiger partial charge in [-0.2, -0.15) is 0 Å². The molecule has 1 saturated carbocycles. The van der Waals surface area contributed by atoms with E-state index in [9.17, 15) is 9.59 Å². The maximum Gasteiger partial charge on any atom is 0.306 e. The molecule has 0 saturated heterocycles. The summed E-state index contributed by atoms with van der Waals surface area (Å²) in [6, 6.07) is 7.72. The van der Waals surface area contributed by atoms with Crippen molar-refractivity contribution in [2.45, 2.75) is 38.6 Å². The Balaban J connectivity index is 1.91. The quantitative estimate of drug-likeness (QED) is 0.840. The molecule has 0 spiro atoms. The normalized spacial score (nSPS) is 22.2. The number of carbonyl (C=O) groups excluding carboxylic acids is 1. The van der Waals surface area contributed by atoms with E-state index in [1.54, 1.807) is 0 Å². The average molecular weight is 332 g/mol. The van der Waals surface area contributed by atoms with Crippen LogP contribution in [0.25, 0.3) is 0 Å². The molecule has 1 aliphatic carbocycles. The van der Waals surface area contributed by atoms with E-state index in [-0.39, 0.29) is 17.9 Å². The third-order valence-electron chi connectivity index (χ3n) is 4.88. The van der Waals surface area contributed by atoms with Gasteiger partial charge in [0, 0.05) is 6.54 Å². The topological polar surface area (TPSA) is 69.6 Å². The Bertz CT molecular complexity index is 578. The number of carboxylic acids is 1. The van der Waals surface area contributed by atoms with Crippen LogP contribution in [0.3, 0.4) is 0 Å². The summed E-state index contributed by atoms with van der Waals surface area (Å²) in [6.07, 6.45) is 3.17. The highest BCUT2D eigenvalue weighted by Gasteiger charge is 2.27. The zero-order valence-corrected chi connectivity index (χ0v) is 14.8. The molecule has 0 unspecified atom stereocenters. The lowest BCUT2D eigenvalue weighted by molar-refractivity contribution is -0.143. The fourth-order valence-corrected chi connectivity index (χ4v) is 3.48. The molecule has 2 N–H and O–H groups in total. The van der Waals surface area contributed by atoms with Crippen LogP contribution in [0, 0.1) is 18.8 Å². The third kappa shape index (κ3) is 4.81. The van der Waals surface area contributed by atoms with Crippen molar-refractivity contribution < 1.29 is 14.7 Å². The van der Waals surface area contributed by atoms with Crippen LogP contribution in [0.1, 0.15) is 42.9 Å². The van der Waals surface area contributed by atoms with Gasteiger partial charge in [-0.15, -0.1) is 0 Å². The predicted octanol–water partition coefficient (Wildman–Crippen LogP) is 2.60. The molecule has 0 aliphatic heterocycles. The molecule has 2 rings (SSSR count). The molecule has 1 aliphatic rings. The predicted molar refractivity (Wildman–Crippen MR) is 93.7 cm³/mol. The van der Waals surface area contributed by atoms with Crippen LogP contribution in [0.4, 0.5) is 0 Å². The molecular weight excluding hydrogens is 304 g/mol. The lowest BCUT2D eigenvalue weighted by Gasteiger charge is -2.28. The molecule has 0 radical (unpaired) electrons. The second-order valence-electron chi connectivity index (χ2n) is 7.08. The SMILES string of the molecule is Cc1cccc([C@@H](C(=O)NCC2CCC(C(=O)O)CC2)N(C)C)c1. The minimum Gasteiger partial charge on any atom is -0.481 e. The highest BCUT2D eigenvalue weighted by Crippen LogP contribution is 2.28. The highest BCUT2D eigenvalue weighted by atomic mass is 16.4. The van der Waals surface area contributed by atoms with Gasteiger partial charge in [0.05, 0.1) is 5.92 Å². The van der Waals surface area contributed by atoms with Crippen LogP contribution in [0.5, 0.6) is 0 Å². The van der Waals surface area contributed by atoms with Crippen LogP contribution >= 0.6 is 0 Å². The van der Waals surface area contributed by atoms with Crippen LogP contribution in [-0.2, 0) is 9.59 Å². The second kappa shape index (κ2) is 8.29. The maximum atomic E-state index is 12.7. The monoisotopic (exact) mass is 332 g/mol. The minimum absolute atomic E-state index is 0.00552. The number of nitrogens with zero attached hydrogens (tertiary/aromatic N) is 1. The van der Waals surface area contributed by atoms with Crippen LogP contribution < -0.4 is 5.32 Å². The van der Waals surface area contributed by atoms with Crippen molar-refractivity contribution >= 4 is 11.9 Å². The Morgan fingerprint density at radius 2 is 1.92 bits per heavy atom. The van der Waals surface area contributed by atoms with Crippen molar-refractivity contribution in [1.29, 1.82) is 0 Å². The summed E-state index contributed by atoms with van der Waals surface area (Å²) < 4.78 is 0. The molecule has 1 fully saturated rings. The van der Waals surface area contributed by atoms with Gasteiger partial charge in [-0.25, -0.2) is 0 Å². The molecule has 1 aromatic carbocycles. The summed E-state index contributed by atoms with van der Waals surface area (Å²) in [6.45, 7) is 2.65. The number of hydrogen-bond acceptors (Lipinski definition) is 3. The van der Waals surface area contributed by atoms with E-state index in [0.717, 1.165) is 24.0 Å². The Hall–Kier alpha value is -1.88. The van der Waals surface area contributed by atoms with Crippen molar-refractivity contribution in [1.82, 2.24) is 10.2 Å². The Labute approximate surface area is 144 Å². The summed E-state index contributed by atoms with van der Waals surface area (Å²) in [4.78, 5) is 25.6. The van der Waals surface area contributed by atoms with Crippen molar-refractivity contribution in [3.05, 3.63) is 35.4 Å². The Kier molecular flexibility index (Phi) is 6.37. The second-order valence-corrected chi connectivity index (χ2v) is 7.08. The lowest BCUT2D eigenvalue weighted by Crippen LogP contribution is -2.40. The van der Waals surface area contributed by atoms with E-state index in [1.807, 2.05) is 50.2 Å². The maximum absolute atomic E-state index is 12.7. The third-order valence-corrected chi connectivity index (χ3v) is 4.88. The van der Waals surface area contributed by atoms with Crippen LogP contribution in [0.15, 0.2) is 24.3 Å². The van der Waals surface area contributed by atoms with Gasteiger partial charge in [0.15, 0.2) is 0 Å². The number of hydrogen-bond donors (Lipinski definition) is 2. The van der Waals surface area contributed by atoms with Gasteiger partial charge in [-0.05, 0) is 58.2 Å². The van der Waals surface area contributed by atoms with E-state index in [0.29, 0.717) is 25.3 Å². The molecule has 0 bridgehead atoms. The Morgan fingerprint density at radius 1 is 1.25 bits per heavy atom. The summed E-state index contributed by atoms with van der Waals surface area (Å²) in [5.74, 6) is -0.515. The van der Waals surface area contributed by atoms with Gasteiger partial charge in [-0.3, -0.25) is 14.5 Å². The average Bonchev–Trinajstić information content (AvgIpc) is 2.53. The summed E-state index contributed by atoms with van der Waals surface area (Å²) >= 11 is 0. The summed E-state index contributed by atoms with van der Waals surface area (Å²) in [7, 11) is 3.81. The number of benzene rings is 1. The number of carboxylic acid groups (broad SMARTS) is 1. The van der Waals surface area contributed by atoms with Crippen molar-refractivity contribution in [2.75, 3.05) is 20.6 Å². The van der Waals surface area contributed by atoms with Gasteiger partial charge in [-0.1, -0.05) is 29.8 Å². The molecule has 5 nitrogen and oxygen atoms in total. The zero-order chi connectivity index (χ0) is 17.7. The number of carbonyl (C=O) groups is 2. The van der Waals surface area contributed by atoms with Crippen molar-refractivity contribution in [3.63, 3.8) is 0 Å². The first-order valence-electron chi connectivity index (χ1n) is 8.62. The van der Waals surface area contributed by atoms with E-state index in [4.69, 9.17) is 5.11 Å². The van der Waals surface area contributed by atoms with Crippen molar-refractivity contribution in [3.8, 4) is 0 Å². The fourth-order valence-electron chi connectivity index (χ4n) is 3.48. The molecule has 1 aromatic rings. The van der Waals surface area contributed by atoms with E-state index in [1.165, 1.54) is 0 Å². The number of likely N-dealkylation sites (N-methyl/N-ethyl adjacent to an activating group) is 1. The largest absolute Gasteiger partial charge is 0.481 e. The van der Waals surface area contributed by atoms with E-state index >= 15 is 0 Å². The molecule has 0 aromatic heterocycles. The standard InChI is InChI=1S/C19H28N2O3/c1-13-5-4-6-16(11-13)17(21(2)3)18(22)20-12-14-7-9-15(10-8-14)19(23)24/h4-6,11,14-15,17H,7-10,12H2,1-3H3,(H,20,22)(H,23,24)/t14?,15?,17-/m0/s1. The number of aliphatic carboxylic acids is 1. The lowest BCUT2D eigenvalue weighted by atomic mass is 9.82. The molecule has 132 valence electrons. The molecule has 0 heterocycles. The molecule has 1 atom stereocenters. The number of nitrogens with one attached hydrogen (secondary N) is 1. The van der Waals surface area contributed by atoms with Gasteiger partial charge in [0.25, 0.3) is 0 Å². The van der Waals surface area contributed by atoms with Gasteiger partial charge < -0.3 is 10.4 Å². The van der Waals surface area contributed by atoms with Gasteiger partial charge in [0.1, 0.15) is 6.04 Å².